The normalized spacial score (nSPS) is 29.0. The van der Waals surface area contributed by atoms with Gasteiger partial charge in [-0.15, -0.1) is 0 Å². The van der Waals surface area contributed by atoms with E-state index in [0.29, 0.717) is 19.1 Å². The van der Waals surface area contributed by atoms with Gasteiger partial charge in [0.25, 0.3) is 0 Å². The molecule has 0 amide bonds. The van der Waals surface area contributed by atoms with E-state index in [1.165, 1.54) is 6.42 Å². The van der Waals surface area contributed by atoms with Crippen LogP contribution in [0.4, 0.5) is 0 Å². The van der Waals surface area contributed by atoms with Crippen LogP contribution in [-0.2, 0) is 10.3 Å². The molecule has 1 aromatic rings. The third kappa shape index (κ3) is 4.29. The second-order valence-corrected chi connectivity index (χ2v) is 6.61. The Kier molecular flexibility index (Phi) is 5.80. The fourth-order valence-corrected chi connectivity index (χ4v) is 3.16. The first kappa shape index (κ1) is 16.5. The summed E-state index contributed by atoms with van der Waals surface area (Å²) in [5.74, 6) is 1.53. The molecule has 4 atom stereocenters. The summed E-state index contributed by atoms with van der Waals surface area (Å²) < 4.78 is 6.01. The predicted molar refractivity (Wildman–Crippen MR) is 85.9 cm³/mol. The van der Waals surface area contributed by atoms with Crippen LogP contribution in [0, 0.1) is 11.8 Å². The minimum absolute atomic E-state index is 0.221. The van der Waals surface area contributed by atoms with Gasteiger partial charge in [-0.2, -0.15) is 0 Å². The summed E-state index contributed by atoms with van der Waals surface area (Å²) in [4.78, 5) is 0. The van der Waals surface area contributed by atoms with Crippen molar-refractivity contribution >= 4 is 0 Å². The van der Waals surface area contributed by atoms with Crippen LogP contribution >= 0.6 is 0 Å². The molecule has 118 valence electrons. The maximum absolute atomic E-state index is 10.7. The van der Waals surface area contributed by atoms with Crippen LogP contribution < -0.4 is 5.73 Å². The van der Waals surface area contributed by atoms with Crippen molar-refractivity contribution in [1.29, 1.82) is 0 Å². The van der Waals surface area contributed by atoms with Gasteiger partial charge in [-0.1, -0.05) is 44.2 Å². The lowest BCUT2D eigenvalue weighted by Crippen LogP contribution is -2.37. The highest BCUT2D eigenvalue weighted by atomic mass is 16.5. The molecule has 3 nitrogen and oxygen atoms in total. The average molecular weight is 291 g/mol. The van der Waals surface area contributed by atoms with Gasteiger partial charge in [0.1, 0.15) is 5.60 Å². The first-order chi connectivity index (χ1) is 10.0. The number of aliphatic hydroxyl groups is 1. The van der Waals surface area contributed by atoms with Crippen LogP contribution in [0.15, 0.2) is 30.3 Å². The molecule has 1 fully saturated rings. The molecule has 4 unspecified atom stereocenters. The fraction of sp³-hybridized carbons (Fsp3) is 0.667. The van der Waals surface area contributed by atoms with Crippen LogP contribution in [0.1, 0.15) is 45.1 Å². The summed E-state index contributed by atoms with van der Waals surface area (Å²) in [5, 5.41) is 10.7. The van der Waals surface area contributed by atoms with Gasteiger partial charge in [0.05, 0.1) is 12.7 Å². The molecule has 2 rings (SSSR count). The van der Waals surface area contributed by atoms with Gasteiger partial charge in [0.2, 0.25) is 0 Å². The highest BCUT2D eigenvalue weighted by molar-refractivity contribution is 5.22. The van der Waals surface area contributed by atoms with Crippen molar-refractivity contribution in [3.63, 3.8) is 0 Å². The largest absolute Gasteiger partial charge is 0.384 e. The fourth-order valence-electron chi connectivity index (χ4n) is 3.16. The minimum Gasteiger partial charge on any atom is -0.384 e. The SMILES string of the molecule is CC1CCC(OCCC(O)(CN)c2ccccc2)CC1C. The van der Waals surface area contributed by atoms with Crippen LogP contribution in [0.25, 0.3) is 0 Å². The lowest BCUT2D eigenvalue weighted by atomic mass is 9.80. The number of nitrogens with two attached hydrogens (primary N) is 1. The van der Waals surface area contributed by atoms with Crippen molar-refractivity contribution in [2.45, 2.75) is 51.2 Å². The van der Waals surface area contributed by atoms with Gasteiger partial charge >= 0.3 is 0 Å². The van der Waals surface area contributed by atoms with E-state index in [1.807, 2.05) is 30.3 Å². The van der Waals surface area contributed by atoms with Crippen molar-refractivity contribution in [3.8, 4) is 0 Å². The van der Waals surface area contributed by atoms with Gasteiger partial charge in [-0.25, -0.2) is 0 Å². The minimum atomic E-state index is -0.977. The van der Waals surface area contributed by atoms with Crippen molar-refractivity contribution in [2.24, 2.45) is 17.6 Å². The predicted octanol–water partition coefficient (Wildman–Crippen LogP) is 3.06. The van der Waals surface area contributed by atoms with Crippen molar-refractivity contribution in [3.05, 3.63) is 35.9 Å². The molecule has 0 heterocycles. The second-order valence-electron chi connectivity index (χ2n) is 6.61. The Morgan fingerprint density at radius 1 is 1.19 bits per heavy atom. The highest BCUT2D eigenvalue weighted by Crippen LogP contribution is 2.31. The Bertz CT molecular complexity index is 422. The zero-order chi connectivity index (χ0) is 15.3. The first-order valence-electron chi connectivity index (χ1n) is 8.15. The van der Waals surface area contributed by atoms with E-state index in [9.17, 15) is 5.11 Å². The lowest BCUT2D eigenvalue weighted by molar-refractivity contribution is -0.0392. The second kappa shape index (κ2) is 7.39. The number of benzene rings is 1. The molecule has 1 aliphatic carbocycles. The number of hydrogen-bond acceptors (Lipinski definition) is 3. The Balaban J connectivity index is 1.84. The molecule has 3 heteroatoms. The smallest absolute Gasteiger partial charge is 0.104 e. The van der Waals surface area contributed by atoms with E-state index in [1.54, 1.807) is 0 Å². The van der Waals surface area contributed by atoms with Crippen molar-refractivity contribution < 1.29 is 9.84 Å². The number of rotatable bonds is 6. The first-order valence-corrected chi connectivity index (χ1v) is 8.15. The summed E-state index contributed by atoms with van der Waals surface area (Å²) in [6, 6.07) is 9.66. The van der Waals surface area contributed by atoms with E-state index in [2.05, 4.69) is 13.8 Å². The zero-order valence-corrected chi connectivity index (χ0v) is 13.3. The highest BCUT2D eigenvalue weighted by Gasteiger charge is 2.29. The number of hydrogen-bond donors (Lipinski definition) is 2. The van der Waals surface area contributed by atoms with E-state index < -0.39 is 5.60 Å². The molecule has 21 heavy (non-hydrogen) atoms. The molecule has 0 radical (unpaired) electrons. The summed E-state index contributed by atoms with van der Waals surface area (Å²) in [6.45, 7) is 5.41. The molecule has 1 saturated carbocycles. The Morgan fingerprint density at radius 2 is 1.90 bits per heavy atom. The van der Waals surface area contributed by atoms with Crippen LogP contribution in [0.2, 0.25) is 0 Å². The summed E-state index contributed by atoms with van der Waals surface area (Å²) in [7, 11) is 0. The molecule has 1 aromatic carbocycles. The molecule has 0 aliphatic heterocycles. The summed E-state index contributed by atoms with van der Waals surface area (Å²) >= 11 is 0. The molecule has 1 aliphatic rings. The van der Waals surface area contributed by atoms with Gasteiger partial charge < -0.3 is 15.6 Å². The third-order valence-corrected chi connectivity index (χ3v) is 5.07. The van der Waals surface area contributed by atoms with E-state index >= 15 is 0 Å². The molecular formula is C18H29NO2. The molecule has 0 spiro atoms. The molecule has 0 bridgehead atoms. The molecule has 3 N–H and O–H groups in total. The van der Waals surface area contributed by atoms with Crippen LogP contribution in [-0.4, -0.2) is 24.4 Å². The quantitative estimate of drug-likeness (QED) is 0.847. The van der Waals surface area contributed by atoms with Gasteiger partial charge in [-0.3, -0.25) is 0 Å². The summed E-state index contributed by atoms with van der Waals surface area (Å²) in [5.41, 5.74) is 5.69. The maximum Gasteiger partial charge on any atom is 0.104 e. The van der Waals surface area contributed by atoms with E-state index in [4.69, 9.17) is 10.5 Å². The van der Waals surface area contributed by atoms with E-state index in [0.717, 1.165) is 30.2 Å². The van der Waals surface area contributed by atoms with Crippen molar-refractivity contribution in [2.75, 3.05) is 13.2 Å². The lowest BCUT2D eigenvalue weighted by Gasteiger charge is -2.33. The third-order valence-electron chi connectivity index (χ3n) is 5.07. The van der Waals surface area contributed by atoms with Crippen LogP contribution in [0.5, 0.6) is 0 Å². The summed E-state index contributed by atoms with van der Waals surface area (Å²) in [6.07, 6.45) is 4.40. The number of ether oxygens (including phenoxy) is 1. The molecule has 0 aromatic heterocycles. The maximum atomic E-state index is 10.7. The van der Waals surface area contributed by atoms with Gasteiger partial charge in [0, 0.05) is 13.0 Å². The van der Waals surface area contributed by atoms with Gasteiger partial charge in [-0.05, 0) is 36.7 Å². The molecule has 0 saturated heterocycles. The van der Waals surface area contributed by atoms with Crippen LogP contribution in [0.3, 0.4) is 0 Å². The topological polar surface area (TPSA) is 55.5 Å². The van der Waals surface area contributed by atoms with Gasteiger partial charge in [0.15, 0.2) is 0 Å². The van der Waals surface area contributed by atoms with E-state index in [-0.39, 0.29) is 6.54 Å². The van der Waals surface area contributed by atoms with Crippen molar-refractivity contribution in [1.82, 2.24) is 0 Å². The Hall–Kier alpha value is -0.900. The Labute approximate surface area is 128 Å². The molecular weight excluding hydrogens is 262 g/mol. The monoisotopic (exact) mass is 291 g/mol. The Morgan fingerprint density at radius 3 is 2.52 bits per heavy atom. The standard InChI is InChI=1S/C18H29NO2/c1-14-8-9-17(12-15(14)2)21-11-10-18(20,13-19)16-6-4-3-5-7-16/h3-7,14-15,17,20H,8-13,19H2,1-2H3. The zero-order valence-electron chi connectivity index (χ0n) is 13.3. The average Bonchev–Trinajstić information content (AvgIpc) is 2.51.